The molecule has 8 heteroatoms. The number of carbonyl (C=O) groups is 2. The quantitative estimate of drug-likeness (QED) is 0.862. The van der Waals surface area contributed by atoms with Gasteiger partial charge in [-0.25, -0.2) is 13.2 Å². The van der Waals surface area contributed by atoms with Crippen molar-refractivity contribution in [3.63, 3.8) is 0 Å². The van der Waals surface area contributed by atoms with Crippen molar-refractivity contribution in [1.82, 2.24) is 4.90 Å². The summed E-state index contributed by atoms with van der Waals surface area (Å²) in [6.45, 7) is -0.566. The lowest BCUT2D eigenvalue weighted by Gasteiger charge is -2.25. The zero-order chi connectivity index (χ0) is 16.2. The first-order valence-electron chi connectivity index (χ1n) is 6.77. The largest absolute Gasteiger partial charge is 0.480 e. The van der Waals surface area contributed by atoms with Crippen molar-refractivity contribution in [2.75, 3.05) is 18.1 Å². The molecule has 0 radical (unpaired) electrons. The van der Waals surface area contributed by atoms with Gasteiger partial charge in [0.05, 0.1) is 17.5 Å². The molecule has 1 amide bonds. The van der Waals surface area contributed by atoms with Crippen molar-refractivity contribution in [2.24, 2.45) is 0 Å². The number of hydrogen-bond donors (Lipinski definition) is 1. The molecule has 1 aliphatic rings. The number of nitrogens with zero attached hydrogens (tertiary/aromatic N) is 1. The van der Waals surface area contributed by atoms with E-state index < -0.39 is 34.5 Å². The van der Waals surface area contributed by atoms with Crippen LogP contribution in [0.1, 0.15) is 12.0 Å². The minimum atomic E-state index is -3.22. The number of hydrogen-bond acceptors (Lipinski definition) is 5. The van der Waals surface area contributed by atoms with E-state index in [9.17, 15) is 18.0 Å². The molecule has 7 nitrogen and oxygen atoms in total. The number of carbonyl (C=O) groups excluding carboxylic acids is 1. The van der Waals surface area contributed by atoms with E-state index in [0.29, 0.717) is 0 Å². The van der Waals surface area contributed by atoms with E-state index in [2.05, 4.69) is 0 Å². The molecule has 1 atom stereocenters. The Morgan fingerprint density at radius 3 is 2.50 bits per heavy atom. The van der Waals surface area contributed by atoms with Gasteiger partial charge in [-0.05, 0) is 12.0 Å². The second-order valence-electron chi connectivity index (χ2n) is 5.12. The van der Waals surface area contributed by atoms with Gasteiger partial charge >= 0.3 is 12.1 Å². The van der Waals surface area contributed by atoms with Crippen LogP contribution in [-0.4, -0.2) is 54.6 Å². The average molecular weight is 327 g/mol. The lowest BCUT2D eigenvalue weighted by Crippen LogP contribution is -2.44. The highest BCUT2D eigenvalue weighted by atomic mass is 32.2. The van der Waals surface area contributed by atoms with Crippen LogP contribution in [0.3, 0.4) is 0 Å². The Hall–Kier alpha value is -2.09. The molecule has 1 aromatic carbocycles. The van der Waals surface area contributed by atoms with E-state index in [1.54, 1.807) is 24.3 Å². The van der Waals surface area contributed by atoms with E-state index in [4.69, 9.17) is 9.84 Å². The molecule has 1 N–H and O–H groups in total. The van der Waals surface area contributed by atoms with Gasteiger partial charge in [0.1, 0.15) is 13.2 Å². The topological polar surface area (TPSA) is 101 Å². The summed E-state index contributed by atoms with van der Waals surface area (Å²) in [5.41, 5.74) is 0.769. The number of rotatable bonds is 5. The third-order valence-corrected chi connectivity index (χ3v) is 5.14. The van der Waals surface area contributed by atoms with Gasteiger partial charge in [-0.2, -0.15) is 0 Å². The minimum absolute atomic E-state index is 0.00919. The Labute approximate surface area is 128 Å². The van der Waals surface area contributed by atoms with Gasteiger partial charge in [0.15, 0.2) is 9.84 Å². The molecule has 2 rings (SSSR count). The minimum Gasteiger partial charge on any atom is -0.480 e. The monoisotopic (exact) mass is 327 g/mol. The predicted octanol–water partition coefficient (Wildman–Crippen LogP) is 0.897. The Kier molecular flexibility index (Phi) is 5.02. The number of benzene rings is 1. The average Bonchev–Trinajstić information content (AvgIpc) is 2.83. The van der Waals surface area contributed by atoms with Crippen LogP contribution in [-0.2, 0) is 26.0 Å². The number of carboxylic acids is 1. The van der Waals surface area contributed by atoms with Crippen molar-refractivity contribution < 1.29 is 27.9 Å². The van der Waals surface area contributed by atoms with Crippen LogP contribution in [0, 0.1) is 0 Å². The maximum absolute atomic E-state index is 12.1. The third-order valence-electron chi connectivity index (χ3n) is 3.39. The summed E-state index contributed by atoms with van der Waals surface area (Å²) in [5, 5.41) is 8.91. The number of aliphatic carboxylic acids is 1. The van der Waals surface area contributed by atoms with Crippen molar-refractivity contribution in [2.45, 2.75) is 19.1 Å². The zero-order valence-corrected chi connectivity index (χ0v) is 12.7. The molecule has 1 fully saturated rings. The number of sulfone groups is 1. The summed E-state index contributed by atoms with van der Waals surface area (Å²) < 4.78 is 28.1. The normalized spacial score (nSPS) is 19.5. The van der Waals surface area contributed by atoms with Crippen molar-refractivity contribution in [3.8, 4) is 0 Å². The molecular formula is C14H17NO6S. The van der Waals surface area contributed by atoms with Crippen LogP contribution in [0.4, 0.5) is 4.79 Å². The van der Waals surface area contributed by atoms with Gasteiger partial charge < -0.3 is 9.84 Å². The maximum Gasteiger partial charge on any atom is 0.410 e. The smallest absolute Gasteiger partial charge is 0.410 e. The molecule has 1 aliphatic heterocycles. The van der Waals surface area contributed by atoms with E-state index >= 15 is 0 Å². The Bertz CT molecular complexity index is 643. The lowest BCUT2D eigenvalue weighted by molar-refractivity contribution is -0.138. The maximum atomic E-state index is 12.1. The first-order valence-corrected chi connectivity index (χ1v) is 8.59. The molecule has 0 aliphatic carbocycles. The van der Waals surface area contributed by atoms with Crippen LogP contribution in [0.25, 0.3) is 0 Å². The van der Waals surface area contributed by atoms with Gasteiger partial charge in [0, 0.05) is 0 Å². The summed E-state index contributed by atoms with van der Waals surface area (Å²) >= 11 is 0. The summed E-state index contributed by atoms with van der Waals surface area (Å²) in [6.07, 6.45) is -0.580. The number of ether oxygens (including phenoxy) is 1. The second-order valence-corrected chi connectivity index (χ2v) is 7.35. The second kappa shape index (κ2) is 6.78. The summed E-state index contributed by atoms with van der Waals surface area (Å²) in [6, 6.07) is 8.31. The molecule has 120 valence electrons. The fraction of sp³-hybridized carbons (Fsp3) is 0.429. The van der Waals surface area contributed by atoms with Gasteiger partial charge in [-0.1, -0.05) is 30.3 Å². The molecule has 0 saturated carbocycles. The zero-order valence-electron chi connectivity index (χ0n) is 11.8. The van der Waals surface area contributed by atoms with E-state index in [-0.39, 0.29) is 24.5 Å². The first-order chi connectivity index (χ1) is 10.4. The van der Waals surface area contributed by atoms with Gasteiger partial charge in [-0.3, -0.25) is 9.69 Å². The molecule has 0 bridgehead atoms. The summed E-state index contributed by atoms with van der Waals surface area (Å²) in [7, 11) is -3.22. The van der Waals surface area contributed by atoms with Crippen LogP contribution in [0.15, 0.2) is 30.3 Å². The van der Waals surface area contributed by atoms with E-state index in [1.807, 2.05) is 6.07 Å². The highest BCUT2D eigenvalue weighted by molar-refractivity contribution is 7.91. The number of carboxylic acid groups (broad SMARTS) is 1. The van der Waals surface area contributed by atoms with Crippen LogP contribution >= 0.6 is 0 Å². The predicted molar refractivity (Wildman–Crippen MR) is 78.0 cm³/mol. The van der Waals surface area contributed by atoms with Crippen LogP contribution in [0.2, 0.25) is 0 Å². The Morgan fingerprint density at radius 1 is 1.27 bits per heavy atom. The van der Waals surface area contributed by atoms with E-state index in [0.717, 1.165) is 10.5 Å². The van der Waals surface area contributed by atoms with Crippen LogP contribution in [0.5, 0.6) is 0 Å². The Morgan fingerprint density at radius 2 is 1.95 bits per heavy atom. The third kappa shape index (κ3) is 4.45. The lowest BCUT2D eigenvalue weighted by atomic mass is 10.2. The van der Waals surface area contributed by atoms with Crippen molar-refractivity contribution >= 4 is 21.9 Å². The molecule has 1 saturated heterocycles. The van der Waals surface area contributed by atoms with Gasteiger partial charge in [0.25, 0.3) is 0 Å². The van der Waals surface area contributed by atoms with Gasteiger partial charge in [-0.15, -0.1) is 0 Å². The van der Waals surface area contributed by atoms with Crippen molar-refractivity contribution in [3.05, 3.63) is 35.9 Å². The molecule has 0 spiro atoms. The molecule has 22 heavy (non-hydrogen) atoms. The number of amides is 1. The summed E-state index contributed by atoms with van der Waals surface area (Å²) in [5.74, 6) is -1.47. The highest BCUT2D eigenvalue weighted by Gasteiger charge is 2.36. The first kappa shape index (κ1) is 16.3. The highest BCUT2D eigenvalue weighted by Crippen LogP contribution is 2.19. The SMILES string of the molecule is O=C(O)CN(C(=O)OCc1ccccc1)C1CCS(=O)(=O)C1. The molecular weight excluding hydrogens is 310 g/mol. The molecule has 0 aromatic heterocycles. The molecule has 1 heterocycles. The fourth-order valence-corrected chi connectivity index (χ4v) is 4.04. The van der Waals surface area contributed by atoms with Crippen LogP contribution < -0.4 is 0 Å². The molecule has 1 unspecified atom stereocenters. The standard InChI is InChI=1S/C14H17NO6S/c16-13(17)8-15(12-6-7-22(19,20)10-12)14(18)21-9-11-4-2-1-3-5-11/h1-5,12H,6-10H2,(H,16,17). The fourth-order valence-electron chi connectivity index (χ4n) is 2.31. The van der Waals surface area contributed by atoms with E-state index in [1.165, 1.54) is 0 Å². The molecule has 1 aromatic rings. The Balaban J connectivity index is 2.02. The van der Waals surface area contributed by atoms with Crippen molar-refractivity contribution in [1.29, 1.82) is 0 Å². The van der Waals surface area contributed by atoms with Gasteiger partial charge in [0.2, 0.25) is 0 Å². The summed E-state index contributed by atoms with van der Waals surface area (Å²) in [4.78, 5) is 24.0.